The molecule has 1 rings (SSSR count). The average Bonchev–Trinajstić information content (AvgIpc) is 2.63. The predicted octanol–water partition coefficient (Wildman–Crippen LogP) is 2.45. The lowest BCUT2D eigenvalue weighted by molar-refractivity contribution is 0.0476. The highest BCUT2D eigenvalue weighted by atomic mass is 16.6. The van der Waals surface area contributed by atoms with Crippen molar-refractivity contribution < 1.29 is 14.3 Å². The molecule has 0 aliphatic carbocycles. The fourth-order valence-electron chi connectivity index (χ4n) is 2.58. The van der Waals surface area contributed by atoms with E-state index in [1.165, 1.54) is 0 Å². The normalized spacial score (nSPS) is 12.2. The second kappa shape index (κ2) is 11.4. The molecule has 1 aromatic rings. The molecular weight excluding hydrogens is 382 g/mol. The molecule has 0 fully saturated rings. The number of carbonyl (C=O) groups is 2. The third-order valence-electron chi connectivity index (χ3n) is 3.94. The highest BCUT2D eigenvalue weighted by Crippen LogP contribution is 2.10. The van der Waals surface area contributed by atoms with Gasteiger partial charge in [-0.2, -0.15) is 0 Å². The Hall–Kier alpha value is -2.77. The zero-order valence-electron chi connectivity index (χ0n) is 19.3. The summed E-state index contributed by atoms with van der Waals surface area (Å²) in [6.07, 6.45) is 0.283. The van der Waals surface area contributed by atoms with Crippen molar-refractivity contribution in [3.63, 3.8) is 0 Å². The van der Waals surface area contributed by atoms with Crippen LogP contribution in [0.5, 0.6) is 0 Å². The Morgan fingerprint density at radius 2 is 1.80 bits per heavy atom. The lowest BCUT2D eigenvalue weighted by Crippen LogP contribution is -2.49. The smallest absolute Gasteiger partial charge is 0.408 e. The van der Waals surface area contributed by atoms with E-state index in [0.717, 1.165) is 18.5 Å². The van der Waals surface area contributed by atoms with Crippen LogP contribution in [0.25, 0.3) is 0 Å². The Morgan fingerprint density at radius 3 is 2.40 bits per heavy atom. The Kier molecular flexibility index (Phi) is 9.62. The second-order valence-corrected chi connectivity index (χ2v) is 8.66. The van der Waals surface area contributed by atoms with Crippen molar-refractivity contribution >= 4 is 18.0 Å². The number of nitrogens with zero attached hydrogens (tertiary/aromatic N) is 1. The fraction of sp³-hybridized carbons (Fsp3) is 0.591. The zero-order valence-corrected chi connectivity index (χ0v) is 19.3. The second-order valence-electron chi connectivity index (χ2n) is 8.66. The largest absolute Gasteiger partial charge is 0.444 e. The third kappa shape index (κ3) is 10.1. The molecule has 0 spiro atoms. The summed E-state index contributed by atoms with van der Waals surface area (Å²) >= 11 is 0. The summed E-state index contributed by atoms with van der Waals surface area (Å²) in [6.45, 7) is 13.0. The van der Waals surface area contributed by atoms with Gasteiger partial charge in [-0.3, -0.25) is 9.79 Å². The van der Waals surface area contributed by atoms with Crippen LogP contribution >= 0.6 is 0 Å². The lowest BCUT2D eigenvalue weighted by atomic mass is 10.1. The van der Waals surface area contributed by atoms with Crippen LogP contribution in [0.4, 0.5) is 4.79 Å². The first-order valence-corrected chi connectivity index (χ1v) is 10.3. The standard InChI is InChI=1S/C22H37N5O3/c1-8-24-19(26-15-22(5,6)27-20(29)30-21(2,3)4)25-13-12-16-10-9-11-17(14-16)18(28)23-7/h9-11,14H,8,12-13,15H2,1-7H3,(H,23,28)(H,27,29)(H2,24,25,26). The van der Waals surface area contributed by atoms with Crippen LogP contribution in [-0.4, -0.2) is 55.8 Å². The van der Waals surface area contributed by atoms with Crippen molar-refractivity contribution in [3.8, 4) is 0 Å². The van der Waals surface area contributed by atoms with E-state index < -0.39 is 17.2 Å². The Balaban J connectivity index is 2.63. The van der Waals surface area contributed by atoms with E-state index in [4.69, 9.17) is 4.74 Å². The molecule has 0 radical (unpaired) electrons. The Morgan fingerprint density at radius 1 is 1.10 bits per heavy atom. The number of benzene rings is 1. The van der Waals surface area contributed by atoms with Crippen LogP contribution in [-0.2, 0) is 11.2 Å². The summed E-state index contributed by atoms with van der Waals surface area (Å²) < 4.78 is 5.32. The van der Waals surface area contributed by atoms with Gasteiger partial charge in [-0.25, -0.2) is 4.79 Å². The van der Waals surface area contributed by atoms with Gasteiger partial charge in [-0.15, -0.1) is 0 Å². The number of nitrogens with one attached hydrogen (secondary N) is 4. The van der Waals surface area contributed by atoms with Crippen LogP contribution in [0.3, 0.4) is 0 Å². The van der Waals surface area contributed by atoms with Gasteiger partial charge in [0, 0.05) is 25.7 Å². The zero-order chi connectivity index (χ0) is 22.8. The van der Waals surface area contributed by atoms with Gasteiger partial charge in [0.15, 0.2) is 5.96 Å². The third-order valence-corrected chi connectivity index (χ3v) is 3.94. The van der Waals surface area contributed by atoms with Crippen LogP contribution in [0.15, 0.2) is 29.3 Å². The SMILES string of the molecule is CCNC(=NCC(C)(C)NC(=O)OC(C)(C)C)NCCc1cccc(C(=O)NC)c1. The lowest BCUT2D eigenvalue weighted by Gasteiger charge is -2.27. The number of hydrogen-bond donors (Lipinski definition) is 4. The van der Waals surface area contributed by atoms with E-state index in [-0.39, 0.29) is 5.91 Å². The van der Waals surface area contributed by atoms with Crippen molar-refractivity contribution in [3.05, 3.63) is 35.4 Å². The predicted molar refractivity (Wildman–Crippen MR) is 121 cm³/mol. The summed E-state index contributed by atoms with van der Waals surface area (Å²) in [4.78, 5) is 28.4. The van der Waals surface area contributed by atoms with Crippen molar-refractivity contribution in [2.45, 2.75) is 59.1 Å². The topological polar surface area (TPSA) is 104 Å². The van der Waals surface area contributed by atoms with Crippen molar-refractivity contribution in [2.24, 2.45) is 4.99 Å². The molecule has 0 bridgehead atoms. The maximum Gasteiger partial charge on any atom is 0.408 e. The molecular formula is C22H37N5O3. The first-order chi connectivity index (χ1) is 14.0. The van der Waals surface area contributed by atoms with Gasteiger partial charge in [-0.1, -0.05) is 12.1 Å². The number of rotatable bonds is 8. The van der Waals surface area contributed by atoms with Crippen LogP contribution in [0.2, 0.25) is 0 Å². The van der Waals surface area contributed by atoms with Crippen molar-refractivity contribution in [2.75, 3.05) is 26.7 Å². The molecule has 0 saturated carbocycles. The molecule has 1 aromatic carbocycles. The molecule has 0 atom stereocenters. The maximum atomic E-state index is 12.0. The number of aliphatic imine (C=N–C) groups is 1. The van der Waals surface area contributed by atoms with Gasteiger partial charge < -0.3 is 26.0 Å². The van der Waals surface area contributed by atoms with E-state index in [0.29, 0.717) is 24.6 Å². The average molecular weight is 420 g/mol. The van der Waals surface area contributed by atoms with Crippen LogP contribution in [0.1, 0.15) is 57.5 Å². The van der Waals surface area contributed by atoms with E-state index >= 15 is 0 Å². The summed E-state index contributed by atoms with van der Waals surface area (Å²) in [5.74, 6) is 0.568. The minimum absolute atomic E-state index is 0.0978. The molecule has 8 heteroatoms. The number of hydrogen-bond acceptors (Lipinski definition) is 4. The number of guanidine groups is 1. The Labute approximate surface area is 180 Å². The molecule has 0 aromatic heterocycles. The fourth-order valence-corrected chi connectivity index (χ4v) is 2.58. The van der Waals surface area contributed by atoms with Gasteiger partial charge in [0.1, 0.15) is 5.60 Å². The van der Waals surface area contributed by atoms with Crippen LogP contribution < -0.4 is 21.3 Å². The molecule has 0 saturated heterocycles. The van der Waals surface area contributed by atoms with E-state index in [1.54, 1.807) is 13.1 Å². The molecule has 30 heavy (non-hydrogen) atoms. The summed E-state index contributed by atoms with van der Waals surface area (Å²) in [6, 6.07) is 7.55. The van der Waals surface area contributed by atoms with Crippen molar-refractivity contribution in [1.29, 1.82) is 0 Å². The Bertz CT molecular complexity index is 739. The van der Waals surface area contributed by atoms with Crippen LogP contribution in [0, 0.1) is 0 Å². The molecule has 0 heterocycles. The number of amides is 2. The number of carbonyl (C=O) groups excluding carboxylic acids is 2. The van der Waals surface area contributed by atoms with Gasteiger partial charge in [-0.05, 0) is 65.7 Å². The molecule has 0 aliphatic rings. The maximum absolute atomic E-state index is 12.0. The molecule has 0 aliphatic heterocycles. The monoisotopic (exact) mass is 419 g/mol. The first-order valence-electron chi connectivity index (χ1n) is 10.3. The minimum Gasteiger partial charge on any atom is -0.444 e. The van der Waals surface area contributed by atoms with E-state index in [2.05, 4.69) is 26.3 Å². The molecule has 4 N–H and O–H groups in total. The van der Waals surface area contributed by atoms with Gasteiger partial charge in [0.2, 0.25) is 0 Å². The number of alkyl carbamates (subject to hydrolysis) is 1. The molecule has 2 amide bonds. The number of ether oxygens (including phenoxy) is 1. The quantitative estimate of drug-likeness (QED) is 0.383. The highest BCUT2D eigenvalue weighted by Gasteiger charge is 2.24. The summed E-state index contributed by atoms with van der Waals surface area (Å²) in [7, 11) is 1.62. The molecule has 8 nitrogen and oxygen atoms in total. The summed E-state index contributed by atoms with van der Waals surface area (Å²) in [5.41, 5.74) is 0.596. The molecule has 0 unspecified atom stereocenters. The highest BCUT2D eigenvalue weighted by molar-refractivity contribution is 5.94. The summed E-state index contributed by atoms with van der Waals surface area (Å²) in [5, 5.41) is 12.0. The van der Waals surface area contributed by atoms with Gasteiger partial charge in [0.25, 0.3) is 5.91 Å². The van der Waals surface area contributed by atoms with Gasteiger partial charge >= 0.3 is 6.09 Å². The van der Waals surface area contributed by atoms with Gasteiger partial charge in [0.05, 0.1) is 12.1 Å². The van der Waals surface area contributed by atoms with E-state index in [1.807, 2.05) is 59.7 Å². The molecule has 168 valence electrons. The van der Waals surface area contributed by atoms with Crippen molar-refractivity contribution in [1.82, 2.24) is 21.3 Å². The first kappa shape index (κ1) is 25.3. The van der Waals surface area contributed by atoms with E-state index in [9.17, 15) is 9.59 Å². The minimum atomic E-state index is -0.563.